The lowest BCUT2D eigenvalue weighted by Crippen LogP contribution is -2.27. The van der Waals surface area contributed by atoms with Gasteiger partial charge in [0.2, 0.25) is 10.0 Å². The Morgan fingerprint density at radius 1 is 1.33 bits per heavy atom. The molecule has 0 aliphatic heterocycles. The lowest BCUT2D eigenvalue weighted by atomic mass is 10.2. The predicted octanol–water partition coefficient (Wildman–Crippen LogP) is 2.94. The van der Waals surface area contributed by atoms with Crippen LogP contribution in [0.25, 0.3) is 0 Å². The van der Waals surface area contributed by atoms with Crippen LogP contribution in [-0.2, 0) is 23.1 Å². The van der Waals surface area contributed by atoms with Crippen LogP contribution in [0.2, 0.25) is 5.02 Å². The van der Waals surface area contributed by atoms with E-state index < -0.39 is 10.0 Å². The highest BCUT2D eigenvalue weighted by Crippen LogP contribution is 2.25. The van der Waals surface area contributed by atoms with E-state index in [1.807, 2.05) is 12.1 Å². The van der Waals surface area contributed by atoms with E-state index in [4.69, 9.17) is 11.6 Å². The van der Waals surface area contributed by atoms with Gasteiger partial charge in [-0.2, -0.15) is 4.31 Å². The van der Waals surface area contributed by atoms with E-state index in [2.05, 4.69) is 5.32 Å². The lowest BCUT2D eigenvalue weighted by molar-refractivity contribution is 0.466. The van der Waals surface area contributed by atoms with Gasteiger partial charge in [-0.25, -0.2) is 8.42 Å². The molecule has 2 aromatic rings. The first kappa shape index (κ1) is 16.5. The van der Waals surface area contributed by atoms with Gasteiger partial charge in [-0.3, -0.25) is 0 Å². The van der Waals surface area contributed by atoms with Gasteiger partial charge in [0.15, 0.2) is 0 Å². The molecule has 114 valence electrons. The highest BCUT2D eigenvalue weighted by molar-refractivity contribution is 7.89. The van der Waals surface area contributed by atoms with Crippen LogP contribution in [0.5, 0.6) is 0 Å². The van der Waals surface area contributed by atoms with Crippen molar-refractivity contribution in [3.63, 3.8) is 0 Å². The summed E-state index contributed by atoms with van der Waals surface area (Å²) in [4.78, 5) is 1.18. The van der Waals surface area contributed by atoms with Crippen LogP contribution in [-0.4, -0.2) is 26.8 Å². The topological polar surface area (TPSA) is 49.4 Å². The third kappa shape index (κ3) is 3.84. The van der Waals surface area contributed by atoms with Crippen molar-refractivity contribution in [1.29, 1.82) is 0 Å². The van der Waals surface area contributed by atoms with E-state index in [0.29, 0.717) is 16.5 Å². The van der Waals surface area contributed by atoms with Crippen molar-refractivity contribution in [2.75, 3.05) is 14.1 Å². The summed E-state index contributed by atoms with van der Waals surface area (Å²) in [5.74, 6) is 0. The minimum Gasteiger partial charge on any atom is -0.315 e. The van der Waals surface area contributed by atoms with Crippen LogP contribution < -0.4 is 5.32 Å². The second-order valence-corrected chi connectivity index (χ2v) is 8.08. The average molecular weight is 345 g/mol. The van der Waals surface area contributed by atoms with Gasteiger partial charge >= 0.3 is 0 Å². The maximum Gasteiger partial charge on any atom is 0.244 e. The lowest BCUT2D eigenvalue weighted by Gasteiger charge is -2.17. The Bertz CT molecular complexity index is 713. The van der Waals surface area contributed by atoms with Crippen LogP contribution in [0, 0.1) is 0 Å². The molecular formula is C14H17ClN2O2S2. The molecule has 0 amide bonds. The number of nitrogens with one attached hydrogen (secondary N) is 1. The molecule has 0 aliphatic carbocycles. The van der Waals surface area contributed by atoms with Gasteiger partial charge in [-0.15, -0.1) is 11.3 Å². The molecule has 1 N–H and O–H groups in total. The Morgan fingerprint density at radius 3 is 2.76 bits per heavy atom. The van der Waals surface area contributed by atoms with E-state index in [-0.39, 0.29) is 6.54 Å². The third-order valence-corrected chi connectivity index (χ3v) is 6.20. The first-order valence-electron chi connectivity index (χ1n) is 6.37. The summed E-state index contributed by atoms with van der Waals surface area (Å²) in [6, 6.07) is 8.87. The summed E-state index contributed by atoms with van der Waals surface area (Å²) >= 11 is 7.37. The first-order chi connectivity index (χ1) is 9.95. The molecule has 2 rings (SSSR count). The first-order valence-corrected chi connectivity index (χ1v) is 9.06. The Kier molecular flexibility index (Phi) is 5.40. The van der Waals surface area contributed by atoms with Gasteiger partial charge in [0, 0.05) is 30.0 Å². The summed E-state index contributed by atoms with van der Waals surface area (Å²) < 4.78 is 26.6. The second-order valence-electron chi connectivity index (χ2n) is 4.63. The fourth-order valence-corrected chi connectivity index (χ4v) is 4.79. The summed E-state index contributed by atoms with van der Waals surface area (Å²) in [6.07, 6.45) is 0. The minimum absolute atomic E-state index is 0.289. The van der Waals surface area contributed by atoms with Crippen LogP contribution in [0.15, 0.2) is 40.6 Å². The Balaban J connectivity index is 2.24. The summed E-state index contributed by atoms with van der Waals surface area (Å²) in [5.41, 5.74) is 0.860. The van der Waals surface area contributed by atoms with Crippen LogP contribution in [0.3, 0.4) is 0 Å². The molecule has 1 heterocycles. The maximum absolute atomic E-state index is 12.7. The molecule has 0 radical (unpaired) electrons. The zero-order valence-electron chi connectivity index (χ0n) is 11.8. The maximum atomic E-state index is 12.7. The zero-order valence-corrected chi connectivity index (χ0v) is 14.2. The van der Waals surface area contributed by atoms with Crippen molar-refractivity contribution in [2.24, 2.45) is 0 Å². The largest absolute Gasteiger partial charge is 0.315 e. The average Bonchev–Trinajstić information content (AvgIpc) is 2.88. The molecule has 0 atom stereocenters. The third-order valence-electron chi connectivity index (χ3n) is 3.02. The Labute approximate surface area is 134 Å². The van der Waals surface area contributed by atoms with Crippen molar-refractivity contribution in [3.8, 4) is 0 Å². The van der Waals surface area contributed by atoms with Crippen molar-refractivity contribution < 1.29 is 8.42 Å². The smallest absolute Gasteiger partial charge is 0.244 e. The van der Waals surface area contributed by atoms with Gasteiger partial charge < -0.3 is 5.32 Å². The molecule has 1 aromatic carbocycles. The number of benzene rings is 1. The van der Waals surface area contributed by atoms with Gasteiger partial charge in [0.1, 0.15) is 0 Å². The Morgan fingerprint density at radius 2 is 2.10 bits per heavy atom. The molecule has 0 aliphatic rings. The van der Waals surface area contributed by atoms with Gasteiger partial charge in [-0.05, 0) is 36.2 Å². The van der Waals surface area contributed by atoms with Crippen LogP contribution in [0.1, 0.15) is 10.4 Å². The second kappa shape index (κ2) is 6.89. The molecule has 4 nitrogen and oxygen atoms in total. The van der Waals surface area contributed by atoms with Crippen molar-refractivity contribution in [1.82, 2.24) is 9.62 Å². The van der Waals surface area contributed by atoms with E-state index in [1.54, 1.807) is 37.7 Å². The molecule has 1 aromatic heterocycles. The minimum atomic E-state index is -3.50. The van der Waals surface area contributed by atoms with Gasteiger partial charge in [0.05, 0.1) is 4.90 Å². The van der Waals surface area contributed by atoms with Gasteiger partial charge in [0.25, 0.3) is 0 Å². The SMILES string of the molecule is CNCc1sccc1S(=O)(=O)N(C)Cc1cccc(Cl)c1. The molecule has 0 spiro atoms. The zero-order chi connectivity index (χ0) is 15.5. The fraction of sp³-hybridized carbons (Fsp3) is 0.286. The van der Waals surface area contributed by atoms with E-state index in [9.17, 15) is 8.42 Å². The molecule has 0 unspecified atom stereocenters. The number of thiophene rings is 1. The van der Waals surface area contributed by atoms with Crippen molar-refractivity contribution in [3.05, 3.63) is 51.2 Å². The highest BCUT2D eigenvalue weighted by atomic mass is 35.5. The highest BCUT2D eigenvalue weighted by Gasteiger charge is 2.24. The van der Waals surface area contributed by atoms with Crippen LogP contribution in [0.4, 0.5) is 0 Å². The number of hydrogen-bond donors (Lipinski definition) is 1. The van der Waals surface area contributed by atoms with Crippen LogP contribution >= 0.6 is 22.9 Å². The van der Waals surface area contributed by atoms with E-state index >= 15 is 0 Å². The normalized spacial score (nSPS) is 12.0. The molecule has 21 heavy (non-hydrogen) atoms. The number of halogens is 1. The molecule has 7 heteroatoms. The summed E-state index contributed by atoms with van der Waals surface area (Å²) in [7, 11) is -0.121. The molecule has 0 saturated carbocycles. The number of hydrogen-bond acceptors (Lipinski definition) is 4. The Hall–Kier alpha value is -0.920. The molecular weight excluding hydrogens is 328 g/mol. The van der Waals surface area contributed by atoms with Crippen molar-refractivity contribution >= 4 is 33.0 Å². The monoisotopic (exact) mass is 344 g/mol. The van der Waals surface area contributed by atoms with Gasteiger partial charge in [-0.1, -0.05) is 23.7 Å². The predicted molar refractivity (Wildman–Crippen MR) is 87.2 cm³/mol. The fourth-order valence-electron chi connectivity index (χ4n) is 1.99. The summed E-state index contributed by atoms with van der Waals surface area (Å²) in [6.45, 7) is 0.828. The summed E-state index contributed by atoms with van der Waals surface area (Å²) in [5, 5.41) is 5.39. The number of nitrogens with zero attached hydrogens (tertiary/aromatic N) is 1. The quantitative estimate of drug-likeness (QED) is 0.876. The molecule has 0 saturated heterocycles. The molecule has 0 fully saturated rings. The number of sulfonamides is 1. The standard InChI is InChI=1S/C14H17ClN2O2S2/c1-16-9-13-14(6-7-20-13)21(18,19)17(2)10-11-4-3-5-12(15)8-11/h3-8,16H,9-10H2,1-2H3. The van der Waals surface area contributed by atoms with E-state index in [1.165, 1.54) is 15.6 Å². The van der Waals surface area contributed by atoms with E-state index in [0.717, 1.165) is 10.4 Å². The molecule has 0 bridgehead atoms. The number of rotatable bonds is 6. The van der Waals surface area contributed by atoms with Crippen molar-refractivity contribution in [2.45, 2.75) is 18.0 Å².